The Labute approximate surface area is 181 Å². The normalized spacial score (nSPS) is 18.8. The maximum Gasteiger partial charge on any atom is 0.240 e. The molecule has 0 aromatic heterocycles. The van der Waals surface area contributed by atoms with Gasteiger partial charge in [0.1, 0.15) is 24.2 Å². The number of anilines is 1. The maximum atomic E-state index is 12.4. The summed E-state index contributed by atoms with van der Waals surface area (Å²) in [6, 6.07) is 10.2. The van der Waals surface area contributed by atoms with Gasteiger partial charge in [0.2, 0.25) is 11.8 Å². The highest BCUT2D eigenvalue weighted by molar-refractivity contribution is 8.15. The fourth-order valence-corrected chi connectivity index (χ4v) is 4.18. The SMILES string of the molecule is COc1ccc(NC(=O)CC2SC(=Nc3ccc4c(c3)OCCO4)NC2=O)cc1Cl. The van der Waals surface area contributed by atoms with Crippen LogP contribution in [0.3, 0.4) is 0 Å². The van der Waals surface area contributed by atoms with E-state index in [-0.39, 0.29) is 18.2 Å². The smallest absolute Gasteiger partial charge is 0.240 e. The van der Waals surface area contributed by atoms with E-state index >= 15 is 0 Å². The average molecular weight is 448 g/mol. The molecule has 2 amide bonds. The molecule has 10 heteroatoms. The van der Waals surface area contributed by atoms with Crippen LogP contribution in [0.25, 0.3) is 0 Å². The van der Waals surface area contributed by atoms with Gasteiger partial charge in [0, 0.05) is 18.2 Å². The Kier molecular flexibility index (Phi) is 6.01. The molecule has 2 aromatic carbocycles. The van der Waals surface area contributed by atoms with Gasteiger partial charge < -0.3 is 24.8 Å². The van der Waals surface area contributed by atoms with Crippen LogP contribution in [0.2, 0.25) is 5.02 Å². The van der Waals surface area contributed by atoms with Crippen LogP contribution >= 0.6 is 23.4 Å². The number of fused-ring (bicyclic) bond motifs is 1. The number of hydrogen-bond donors (Lipinski definition) is 2. The standard InChI is InChI=1S/C20H18ClN3O5S/c1-27-14-4-2-11(8-13(14)21)22-18(25)10-17-19(26)24-20(30-17)23-12-3-5-15-16(9-12)29-7-6-28-15/h2-5,8-9,17H,6-7,10H2,1H3,(H,22,25)(H,23,24,26). The highest BCUT2D eigenvalue weighted by Crippen LogP contribution is 2.35. The second-order valence-electron chi connectivity index (χ2n) is 6.44. The number of carbonyl (C=O) groups is 2. The molecule has 0 spiro atoms. The van der Waals surface area contributed by atoms with Crippen molar-refractivity contribution in [3.8, 4) is 17.2 Å². The first-order valence-electron chi connectivity index (χ1n) is 9.11. The molecule has 1 unspecified atom stereocenters. The molecular weight excluding hydrogens is 430 g/mol. The third-order valence-electron chi connectivity index (χ3n) is 4.34. The van der Waals surface area contributed by atoms with Gasteiger partial charge in [-0.05, 0) is 30.3 Å². The zero-order valence-corrected chi connectivity index (χ0v) is 17.5. The fourth-order valence-electron chi connectivity index (χ4n) is 2.94. The first kappa shape index (κ1) is 20.4. The van der Waals surface area contributed by atoms with Crippen molar-refractivity contribution in [2.75, 3.05) is 25.6 Å². The molecule has 4 rings (SSSR count). The van der Waals surface area contributed by atoms with E-state index in [1.165, 1.54) is 18.9 Å². The number of nitrogens with zero attached hydrogens (tertiary/aromatic N) is 1. The van der Waals surface area contributed by atoms with Crippen LogP contribution in [-0.4, -0.2) is 42.6 Å². The van der Waals surface area contributed by atoms with Crippen molar-refractivity contribution in [1.82, 2.24) is 5.32 Å². The van der Waals surface area contributed by atoms with Crippen LogP contribution in [0.1, 0.15) is 6.42 Å². The molecule has 2 aliphatic rings. The molecule has 0 saturated carbocycles. The van der Waals surface area contributed by atoms with Crippen molar-refractivity contribution in [1.29, 1.82) is 0 Å². The van der Waals surface area contributed by atoms with Crippen molar-refractivity contribution in [3.63, 3.8) is 0 Å². The molecule has 1 saturated heterocycles. The number of ether oxygens (including phenoxy) is 3. The Morgan fingerprint density at radius 2 is 2.07 bits per heavy atom. The lowest BCUT2D eigenvalue weighted by Crippen LogP contribution is -2.28. The molecule has 1 atom stereocenters. The highest BCUT2D eigenvalue weighted by atomic mass is 35.5. The predicted molar refractivity (Wildman–Crippen MR) is 115 cm³/mol. The molecule has 0 bridgehead atoms. The number of thioether (sulfide) groups is 1. The number of amides is 2. The molecule has 156 valence electrons. The van der Waals surface area contributed by atoms with Gasteiger partial charge in [0.15, 0.2) is 16.7 Å². The van der Waals surface area contributed by atoms with Crippen LogP contribution in [0.15, 0.2) is 41.4 Å². The van der Waals surface area contributed by atoms with E-state index in [0.29, 0.717) is 52.0 Å². The number of nitrogens with one attached hydrogen (secondary N) is 2. The number of amidine groups is 1. The Balaban J connectivity index is 1.38. The summed E-state index contributed by atoms with van der Waals surface area (Å²) in [4.78, 5) is 29.1. The molecule has 8 nitrogen and oxygen atoms in total. The lowest BCUT2D eigenvalue weighted by molar-refractivity contribution is -0.122. The summed E-state index contributed by atoms with van der Waals surface area (Å²) in [5.41, 5.74) is 1.15. The molecule has 30 heavy (non-hydrogen) atoms. The van der Waals surface area contributed by atoms with Crippen LogP contribution in [0.4, 0.5) is 11.4 Å². The Hall–Kier alpha value is -2.91. The molecule has 2 aromatic rings. The molecule has 2 aliphatic heterocycles. The summed E-state index contributed by atoms with van der Waals surface area (Å²) in [6.45, 7) is 0.994. The number of benzene rings is 2. The van der Waals surface area contributed by atoms with E-state index in [0.717, 1.165) is 0 Å². The zero-order chi connectivity index (χ0) is 21.1. The summed E-state index contributed by atoms with van der Waals surface area (Å²) >= 11 is 7.28. The van der Waals surface area contributed by atoms with E-state index in [4.69, 9.17) is 25.8 Å². The quantitative estimate of drug-likeness (QED) is 0.729. The topological polar surface area (TPSA) is 98.2 Å². The van der Waals surface area contributed by atoms with Gasteiger partial charge >= 0.3 is 0 Å². The van der Waals surface area contributed by atoms with Gasteiger partial charge in [-0.2, -0.15) is 0 Å². The summed E-state index contributed by atoms with van der Waals surface area (Å²) in [5, 5.41) is 5.69. The first-order chi connectivity index (χ1) is 14.5. The van der Waals surface area contributed by atoms with Crippen molar-refractivity contribution in [3.05, 3.63) is 41.4 Å². The minimum absolute atomic E-state index is 0.000305. The number of methoxy groups -OCH3 is 1. The molecule has 2 N–H and O–H groups in total. The lowest BCUT2D eigenvalue weighted by atomic mass is 10.2. The summed E-state index contributed by atoms with van der Waals surface area (Å²) in [5.74, 6) is 1.23. The molecule has 0 radical (unpaired) electrons. The van der Waals surface area contributed by atoms with Gasteiger partial charge in [0.25, 0.3) is 0 Å². The van der Waals surface area contributed by atoms with Gasteiger partial charge in [-0.1, -0.05) is 23.4 Å². The third kappa shape index (κ3) is 4.63. The van der Waals surface area contributed by atoms with E-state index in [2.05, 4.69) is 15.6 Å². The van der Waals surface area contributed by atoms with Crippen molar-refractivity contribution < 1.29 is 23.8 Å². The van der Waals surface area contributed by atoms with E-state index in [1.807, 2.05) is 0 Å². The second-order valence-corrected chi connectivity index (χ2v) is 8.04. The van der Waals surface area contributed by atoms with E-state index in [1.54, 1.807) is 36.4 Å². The van der Waals surface area contributed by atoms with Crippen LogP contribution in [0, 0.1) is 0 Å². The van der Waals surface area contributed by atoms with Crippen LogP contribution in [0.5, 0.6) is 17.2 Å². The average Bonchev–Trinajstić information content (AvgIpc) is 3.06. The Morgan fingerprint density at radius 1 is 1.27 bits per heavy atom. The monoisotopic (exact) mass is 447 g/mol. The summed E-state index contributed by atoms with van der Waals surface area (Å²) in [7, 11) is 1.51. The number of carbonyl (C=O) groups excluding carboxylic acids is 2. The summed E-state index contributed by atoms with van der Waals surface area (Å²) < 4.78 is 16.1. The Bertz CT molecular complexity index is 1030. The predicted octanol–water partition coefficient (Wildman–Crippen LogP) is 3.37. The third-order valence-corrected chi connectivity index (χ3v) is 5.72. The Morgan fingerprint density at radius 3 is 2.83 bits per heavy atom. The minimum Gasteiger partial charge on any atom is -0.495 e. The van der Waals surface area contributed by atoms with Gasteiger partial charge in [-0.15, -0.1) is 0 Å². The van der Waals surface area contributed by atoms with Crippen LogP contribution < -0.4 is 24.8 Å². The van der Waals surface area contributed by atoms with Crippen molar-refractivity contribution in [2.24, 2.45) is 4.99 Å². The maximum absolute atomic E-state index is 12.4. The summed E-state index contributed by atoms with van der Waals surface area (Å²) in [6.07, 6.45) is 0.000305. The van der Waals surface area contributed by atoms with E-state index in [9.17, 15) is 9.59 Å². The van der Waals surface area contributed by atoms with Gasteiger partial charge in [-0.3, -0.25) is 9.59 Å². The lowest BCUT2D eigenvalue weighted by Gasteiger charge is -2.18. The number of hydrogen-bond acceptors (Lipinski definition) is 7. The number of halogens is 1. The second kappa shape index (κ2) is 8.85. The molecule has 1 fully saturated rings. The van der Waals surface area contributed by atoms with Gasteiger partial charge in [0.05, 0.1) is 17.8 Å². The van der Waals surface area contributed by atoms with Crippen LogP contribution in [-0.2, 0) is 9.59 Å². The number of rotatable bonds is 5. The van der Waals surface area contributed by atoms with Gasteiger partial charge in [-0.25, -0.2) is 4.99 Å². The zero-order valence-electron chi connectivity index (χ0n) is 15.9. The minimum atomic E-state index is -0.574. The van der Waals surface area contributed by atoms with E-state index < -0.39 is 5.25 Å². The number of aliphatic imine (C=N–C) groups is 1. The highest BCUT2D eigenvalue weighted by Gasteiger charge is 2.32. The van der Waals surface area contributed by atoms with Crippen molar-refractivity contribution >= 4 is 51.7 Å². The van der Waals surface area contributed by atoms with Crippen molar-refractivity contribution in [2.45, 2.75) is 11.7 Å². The first-order valence-corrected chi connectivity index (χ1v) is 10.4. The molecular formula is C20H18ClN3O5S. The largest absolute Gasteiger partial charge is 0.495 e. The fraction of sp³-hybridized carbons (Fsp3) is 0.250. The molecule has 2 heterocycles. The molecule has 0 aliphatic carbocycles.